The molecule has 0 radical (unpaired) electrons. The van der Waals surface area contributed by atoms with E-state index in [2.05, 4.69) is 18.0 Å². The van der Waals surface area contributed by atoms with E-state index in [1.807, 2.05) is 27.7 Å². The fourth-order valence-electron chi connectivity index (χ4n) is 3.27. The van der Waals surface area contributed by atoms with Crippen LogP contribution in [-0.2, 0) is 10.0 Å². The Bertz CT molecular complexity index is 633. The third-order valence-corrected chi connectivity index (χ3v) is 7.32. The van der Waals surface area contributed by atoms with E-state index in [1.54, 1.807) is 11.4 Å². The Hall–Kier alpha value is -0.910. The molecule has 0 aliphatic carbocycles. The fraction of sp³-hybridized carbons (Fsp3) is 0.647. The second-order valence-electron chi connectivity index (χ2n) is 6.65. The van der Waals surface area contributed by atoms with Crippen molar-refractivity contribution in [2.45, 2.75) is 51.5 Å². The van der Waals surface area contributed by atoms with Gasteiger partial charge in [-0.2, -0.15) is 4.31 Å². The molecule has 1 fully saturated rings. The van der Waals surface area contributed by atoms with Crippen molar-refractivity contribution in [3.63, 3.8) is 0 Å². The van der Waals surface area contributed by atoms with Gasteiger partial charge >= 0.3 is 0 Å². The van der Waals surface area contributed by atoms with Crippen LogP contribution in [0.3, 0.4) is 0 Å². The Labute approximate surface area is 135 Å². The quantitative estimate of drug-likeness (QED) is 0.858. The lowest BCUT2D eigenvalue weighted by molar-refractivity contribution is 0.197. The maximum Gasteiger partial charge on any atom is 0.243 e. The summed E-state index contributed by atoms with van der Waals surface area (Å²) in [6.45, 7) is 9.70. The van der Waals surface area contributed by atoms with Crippen LogP contribution in [0.1, 0.15) is 35.1 Å². The summed E-state index contributed by atoms with van der Waals surface area (Å²) in [5, 5.41) is 0. The van der Waals surface area contributed by atoms with E-state index >= 15 is 0 Å². The average molecular weight is 324 g/mol. The van der Waals surface area contributed by atoms with E-state index in [-0.39, 0.29) is 6.04 Å². The van der Waals surface area contributed by atoms with Crippen LogP contribution in [-0.4, -0.2) is 50.8 Å². The third kappa shape index (κ3) is 3.07. The molecule has 1 aromatic carbocycles. The van der Waals surface area contributed by atoms with Gasteiger partial charge in [0.25, 0.3) is 0 Å². The molecular weight excluding hydrogens is 296 g/mol. The number of rotatable bonds is 3. The van der Waals surface area contributed by atoms with Gasteiger partial charge in [0.2, 0.25) is 10.0 Å². The number of nitrogens with zero attached hydrogens (tertiary/aromatic N) is 2. The van der Waals surface area contributed by atoms with Gasteiger partial charge in [0.05, 0.1) is 4.90 Å². The van der Waals surface area contributed by atoms with Crippen LogP contribution >= 0.6 is 0 Å². The number of hydrogen-bond donors (Lipinski definition) is 0. The van der Waals surface area contributed by atoms with Crippen LogP contribution in [0, 0.1) is 27.7 Å². The van der Waals surface area contributed by atoms with Crippen molar-refractivity contribution in [3.8, 4) is 0 Å². The Kier molecular flexibility index (Phi) is 5.00. The van der Waals surface area contributed by atoms with Crippen molar-refractivity contribution in [1.82, 2.24) is 9.21 Å². The van der Waals surface area contributed by atoms with Crippen LogP contribution in [0.5, 0.6) is 0 Å². The molecule has 22 heavy (non-hydrogen) atoms. The van der Waals surface area contributed by atoms with Gasteiger partial charge in [-0.25, -0.2) is 8.42 Å². The lowest BCUT2D eigenvalue weighted by Crippen LogP contribution is -2.44. The van der Waals surface area contributed by atoms with Crippen molar-refractivity contribution in [2.75, 3.05) is 27.2 Å². The van der Waals surface area contributed by atoms with Crippen LogP contribution < -0.4 is 0 Å². The van der Waals surface area contributed by atoms with E-state index in [0.29, 0.717) is 4.90 Å². The largest absolute Gasteiger partial charge is 0.306 e. The summed E-state index contributed by atoms with van der Waals surface area (Å²) in [5.74, 6) is 0. The minimum absolute atomic E-state index is 0.0980. The molecular formula is C17H28N2O2S. The molecule has 0 bridgehead atoms. The molecule has 2 rings (SSSR count). The fourth-order valence-corrected chi connectivity index (χ4v) is 5.25. The first-order valence-corrected chi connectivity index (χ1v) is 9.34. The minimum Gasteiger partial charge on any atom is -0.306 e. The zero-order chi connectivity index (χ0) is 16.7. The van der Waals surface area contributed by atoms with Gasteiger partial charge in [-0.05, 0) is 82.9 Å². The van der Waals surface area contributed by atoms with Crippen LogP contribution in [0.4, 0.5) is 0 Å². The van der Waals surface area contributed by atoms with Crippen molar-refractivity contribution < 1.29 is 8.42 Å². The second kappa shape index (κ2) is 6.30. The van der Waals surface area contributed by atoms with E-state index in [9.17, 15) is 8.42 Å². The lowest BCUT2D eigenvalue weighted by Gasteiger charge is -2.35. The van der Waals surface area contributed by atoms with E-state index in [0.717, 1.165) is 48.2 Å². The molecule has 0 saturated carbocycles. The molecule has 0 aromatic heterocycles. The van der Waals surface area contributed by atoms with Gasteiger partial charge in [0.15, 0.2) is 0 Å². The first kappa shape index (κ1) is 17.4. The van der Waals surface area contributed by atoms with Crippen LogP contribution in [0.2, 0.25) is 0 Å². The maximum absolute atomic E-state index is 13.2. The molecule has 0 atom stereocenters. The van der Waals surface area contributed by atoms with Gasteiger partial charge in [-0.15, -0.1) is 0 Å². The van der Waals surface area contributed by atoms with Crippen molar-refractivity contribution in [1.29, 1.82) is 0 Å². The Morgan fingerprint density at radius 3 is 1.95 bits per heavy atom. The zero-order valence-corrected chi connectivity index (χ0v) is 15.4. The molecule has 0 amide bonds. The first-order valence-electron chi connectivity index (χ1n) is 7.90. The lowest BCUT2D eigenvalue weighted by atomic mass is 10.0. The number of sulfonamides is 1. The number of benzene rings is 1. The van der Waals surface area contributed by atoms with Crippen molar-refractivity contribution >= 4 is 10.0 Å². The number of likely N-dealkylation sites (tertiary alicyclic amines) is 1. The first-order chi connectivity index (χ1) is 10.2. The molecule has 1 saturated heterocycles. The van der Waals surface area contributed by atoms with Crippen molar-refractivity contribution in [2.24, 2.45) is 0 Å². The zero-order valence-electron chi connectivity index (χ0n) is 14.6. The summed E-state index contributed by atoms with van der Waals surface area (Å²) < 4.78 is 27.9. The molecule has 124 valence electrons. The number of hydrogen-bond acceptors (Lipinski definition) is 3. The van der Waals surface area contributed by atoms with Crippen molar-refractivity contribution in [3.05, 3.63) is 28.3 Å². The topological polar surface area (TPSA) is 40.6 Å². The highest BCUT2D eigenvalue weighted by Gasteiger charge is 2.32. The molecule has 1 heterocycles. The molecule has 1 aliphatic heterocycles. The molecule has 4 nitrogen and oxygen atoms in total. The number of aryl methyl sites for hydroxylation is 2. The Morgan fingerprint density at radius 2 is 1.50 bits per heavy atom. The summed E-state index contributed by atoms with van der Waals surface area (Å²) in [4.78, 5) is 2.76. The average Bonchev–Trinajstić information content (AvgIpc) is 2.45. The monoisotopic (exact) mass is 324 g/mol. The predicted octanol–water partition coefficient (Wildman–Crippen LogP) is 2.63. The summed E-state index contributed by atoms with van der Waals surface area (Å²) in [5.41, 5.74) is 3.84. The van der Waals surface area contributed by atoms with Gasteiger partial charge in [0.1, 0.15) is 0 Å². The second-order valence-corrected chi connectivity index (χ2v) is 8.58. The Balaban J connectivity index is 2.43. The SMILES string of the molecule is Cc1cc(C)c(C)c(S(=O)(=O)N(C)C2CCN(C)CC2)c1C. The summed E-state index contributed by atoms with van der Waals surface area (Å²) in [7, 11) is 0.377. The molecule has 0 N–H and O–H groups in total. The highest BCUT2D eigenvalue weighted by Crippen LogP contribution is 2.30. The molecule has 0 spiro atoms. The normalized spacial score (nSPS) is 18.1. The van der Waals surface area contributed by atoms with Gasteiger partial charge in [-0.1, -0.05) is 6.07 Å². The molecule has 5 heteroatoms. The molecule has 0 unspecified atom stereocenters. The smallest absolute Gasteiger partial charge is 0.243 e. The maximum atomic E-state index is 13.2. The van der Waals surface area contributed by atoms with Gasteiger partial charge < -0.3 is 4.90 Å². The summed E-state index contributed by atoms with van der Waals surface area (Å²) in [6, 6.07) is 2.17. The van der Waals surface area contributed by atoms with E-state index < -0.39 is 10.0 Å². The number of piperidine rings is 1. The molecule has 1 aliphatic rings. The van der Waals surface area contributed by atoms with Gasteiger partial charge in [-0.3, -0.25) is 0 Å². The minimum atomic E-state index is -3.45. The standard InChI is InChI=1S/C17H28N2O2S/c1-12-11-13(2)15(4)17(14(12)3)22(20,21)19(6)16-7-9-18(5)10-8-16/h11,16H,7-10H2,1-6H3. The van der Waals surface area contributed by atoms with Gasteiger partial charge in [0, 0.05) is 13.1 Å². The van der Waals surface area contributed by atoms with Crippen LogP contribution in [0.25, 0.3) is 0 Å². The highest BCUT2D eigenvalue weighted by molar-refractivity contribution is 7.89. The molecule has 1 aromatic rings. The summed E-state index contributed by atoms with van der Waals surface area (Å²) >= 11 is 0. The Morgan fingerprint density at radius 1 is 1.05 bits per heavy atom. The summed E-state index contributed by atoms with van der Waals surface area (Å²) in [6.07, 6.45) is 1.80. The highest BCUT2D eigenvalue weighted by atomic mass is 32.2. The van der Waals surface area contributed by atoms with Crippen LogP contribution in [0.15, 0.2) is 11.0 Å². The third-order valence-electron chi connectivity index (χ3n) is 5.14. The van der Waals surface area contributed by atoms with E-state index in [1.165, 1.54) is 0 Å². The predicted molar refractivity (Wildman–Crippen MR) is 90.9 cm³/mol. The van der Waals surface area contributed by atoms with E-state index in [4.69, 9.17) is 0 Å².